The van der Waals surface area contributed by atoms with Gasteiger partial charge in [0.05, 0.1) is 6.20 Å². The molecule has 0 aliphatic heterocycles. The van der Waals surface area contributed by atoms with E-state index >= 15 is 0 Å². The largest absolute Gasteiger partial charge is 0.366 e. The Labute approximate surface area is 100 Å². The Morgan fingerprint density at radius 1 is 1.50 bits per heavy atom. The average molecular weight is 240 g/mol. The molecule has 1 aromatic rings. The molecule has 4 heteroatoms. The molecule has 16 heavy (non-hydrogen) atoms. The van der Waals surface area contributed by atoms with Crippen LogP contribution in [0.4, 0.5) is 10.2 Å². The number of hydrogen-bond donors (Lipinski definition) is 1. The lowest BCUT2D eigenvalue weighted by atomic mass is 10.2. The van der Waals surface area contributed by atoms with Crippen molar-refractivity contribution in [3.8, 4) is 0 Å². The van der Waals surface area contributed by atoms with Gasteiger partial charge in [-0.1, -0.05) is 13.3 Å². The third kappa shape index (κ3) is 2.88. The van der Waals surface area contributed by atoms with Gasteiger partial charge in [-0.2, -0.15) is 11.8 Å². The zero-order chi connectivity index (χ0) is 11.4. The topological polar surface area (TPSA) is 24.9 Å². The second-order valence-electron chi connectivity index (χ2n) is 4.04. The van der Waals surface area contributed by atoms with E-state index in [-0.39, 0.29) is 5.82 Å². The Morgan fingerprint density at radius 3 is 3.06 bits per heavy atom. The molecule has 1 heterocycles. The van der Waals surface area contributed by atoms with Crippen LogP contribution in [0.2, 0.25) is 0 Å². The number of nitrogens with zero attached hydrogens (tertiary/aromatic N) is 1. The average Bonchev–Trinajstić information content (AvgIpc) is 2.70. The Kier molecular flexibility index (Phi) is 4.04. The van der Waals surface area contributed by atoms with Gasteiger partial charge < -0.3 is 5.32 Å². The van der Waals surface area contributed by atoms with Crippen LogP contribution in [0.1, 0.15) is 26.2 Å². The fourth-order valence-corrected chi connectivity index (χ4v) is 3.35. The van der Waals surface area contributed by atoms with E-state index in [1.54, 1.807) is 6.07 Å². The molecule has 1 fully saturated rings. The number of thioether (sulfide) groups is 1. The van der Waals surface area contributed by atoms with Gasteiger partial charge >= 0.3 is 0 Å². The van der Waals surface area contributed by atoms with Gasteiger partial charge in [0.1, 0.15) is 11.6 Å². The molecule has 0 aromatic carbocycles. The summed E-state index contributed by atoms with van der Waals surface area (Å²) < 4.78 is 12.7. The fourth-order valence-electron chi connectivity index (χ4n) is 2.16. The van der Waals surface area contributed by atoms with Gasteiger partial charge in [0.2, 0.25) is 0 Å². The number of hydrogen-bond acceptors (Lipinski definition) is 3. The van der Waals surface area contributed by atoms with Gasteiger partial charge in [-0.25, -0.2) is 9.37 Å². The second-order valence-corrected chi connectivity index (χ2v) is 5.55. The lowest BCUT2D eigenvalue weighted by molar-refractivity contribution is 0.621. The van der Waals surface area contributed by atoms with Crippen molar-refractivity contribution in [1.29, 1.82) is 0 Å². The Hall–Kier alpha value is -0.770. The highest BCUT2D eigenvalue weighted by molar-refractivity contribution is 7.99. The van der Waals surface area contributed by atoms with Crippen LogP contribution >= 0.6 is 11.8 Å². The number of halogens is 1. The molecule has 2 rings (SSSR count). The van der Waals surface area contributed by atoms with Crippen molar-refractivity contribution in [3.05, 3.63) is 24.1 Å². The molecule has 0 radical (unpaired) electrons. The minimum absolute atomic E-state index is 0.281. The number of rotatable bonds is 4. The van der Waals surface area contributed by atoms with Gasteiger partial charge in [0.15, 0.2) is 0 Å². The summed E-state index contributed by atoms with van der Waals surface area (Å²) in [6, 6.07) is 3.65. The van der Waals surface area contributed by atoms with Crippen molar-refractivity contribution < 1.29 is 4.39 Å². The van der Waals surface area contributed by atoms with Crippen LogP contribution in [-0.4, -0.2) is 22.0 Å². The Morgan fingerprint density at radius 2 is 2.38 bits per heavy atom. The molecule has 2 unspecified atom stereocenters. The number of anilines is 1. The molecule has 0 amide bonds. The highest BCUT2D eigenvalue weighted by Gasteiger charge is 2.27. The van der Waals surface area contributed by atoms with Gasteiger partial charge in [0, 0.05) is 11.3 Å². The van der Waals surface area contributed by atoms with Crippen molar-refractivity contribution in [2.24, 2.45) is 0 Å². The zero-order valence-corrected chi connectivity index (χ0v) is 10.3. The van der Waals surface area contributed by atoms with Crippen LogP contribution in [0.25, 0.3) is 0 Å². The molecule has 2 nitrogen and oxygen atoms in total. The summed E-state index contributed by atoms with van der Waals surface area (Å²) >= 11 is 2.01. The van der Waals surface area contributed by atoms with E-state index in [4.69, 9.17) is 0 Å². The summed E-state index contributed by atoms with van der Waals surface area (Å²) in [6.45, 7) is 2.19. The summed E-state index contributed by atoms with van der Waals surface area (Å²) in [5, 5.41) is 4.08. The van der Waals surface area contributed by atoms with Crippen LogP contribution < -0.4 is 5.32 Å². The van der Waals surface area contributed by atoms with E-state index in [1.165, 1.54) is 31.5 Å². The highest BCUT2D eigenvalue weighted by atomic mass is 32.2. The van der Waals surface area contributed by atoms with E-state index in [2.05, 4.69) is 17.2 Å². The minimum Gasteiger partial charge on any atom is -0.366 e. The van der Waals surface area contributed by atoms with Gasteiger partial charge in [0.25, 0.3) is 0 Å². The van der Waals surface area contributed by atoms with Gasteiger partial charge in [-0.3, -0.25) is 0 Å². The molecule has 0 spiro atoms. The lowest BCUT2D eigenvalue weighted by Gasteiger charge is -2.20. The van der Waals surface area contributed by atoms with E-state index in [0.29, 0.717) is 11.3 Å². The number of nitrogens with one attached hydrogen (secondary N) is 1. The maximum absolute atomic E-state index is 12.7. The predicted molar refractivity (Wildman–Crippen MR) is 67.4 cm³/mol. The molecule has 1 N–H and O–H groups in total. The van der Waals surface area contributed by atoms with Crippen LogP contribution in [-0.2, 0) is 0 Å². The first-order valence-electron chi connectivity index (χ1n) is 5.79. The van der Waals surface area contributed by atoms with Gasteiger partial charge in [-0.15, -0.1) is 0 Å². The molecular formula is C12H17FN2S. The summed E-state index contributed by atoms with van der Waals surface area (Å²) in [7, 11) is 0. The molecule has 0 bridgehead atoms. The fraction of sp³-hybridized carbons (Fsp3) is 0.583. The third-order valence-corrected chi connectivity index (χ3v) is 4.22. The third-order valence-electron chi connectivity index (χ3n) is 2.89. The predicted octanol–water partition coefficient (Wildman–Crippen LogP) is 3.31. The Bertz CT molecular complexity index is 328. The second kappa shape index (κ2) is 5.53. The highest BCUT2D eigenvalue weighted by Crippen LogP contribution is 2.31. The van der Waals surface area contributed by atoms with Crippen molar-refractivity contribution in [2.75, 3.05) is 11.1 Å². The number of pyridine rings is 1. The van der Waals surface area contributed by atoms with E-state index in [9.17, 15) is 4.39 Å². The Balaban J connectivity index is 1.95. The zero-order valence-electron chi connectivity index (χ0n) is 9.45. The van der Waals surface area contributed by atoms with Crippen LogP contribution in [0.5, 0.6) is 0 Å². The van der Waals surface area contributed by atoms with Gasteiger partial charge in [-0.05, 0) is 30.7 Å². The molecule has 2 atom stereocenters. The quantitative estimate of drug-likeness (QED) is 0.874. The molecular weight excluding hydrogens is 223 g/mol. The first-order valence-corrected chi connectivity index (χ1v) is 6.84. The number of aromatic nitrogens is 1. The van der Waals surface area contributed by atoms with Crippen LogP contribution in [0.3, 0.4) is 0 Å². The molecule has 1 aliphatic carbocycles. The lowest BCUT2D eigenvalue weighted by Crippen LogP contribution is -2.26. The molecule has 0 saturated heterocycles. The molecule has 1 aliphatic rings. The summed E-state index contributed by atoms with van der Waals surface area (Å²) in [5.74, 6) is 1.66. The first-order chi connectivity index (χ1) is 7.79. The van der Waals surface area contributed by atoms with Crippen LogP contribution in [0, 0.1) is 5.82 Å². The van der Waals surface area contributed by atoms with Crippen LogP contribution in [0.15, 0.2) is 18.3 Å². The smallest absolute Gasteiger partial charge is 0.141 e. The first kappa shape index (κ1) is 11.7. The maximum atomic E-state index is 12.7. The normalized spacial score (nSPS) is 24.6. The maximum Gasteiger partial charge on any atom is 0.141 e. The minimum atomic E-state index is -0.281. The summed E-state index contributed by atoms with van der Waals surface area (Å²) in [6.07, 6.45) is 5.00. The van der Waals surface area contributed by atoms with Crippen molar-refractivity contribution in [1.82, 2.24) is 4.98 Å². The molecule has 1 aromatic heterocycles. The SMILES string of the molecule is CCSC1CCCC1Nc1ccc(F)cn1. The van der Waals surface area contributed by atoms with E-state index in [1.807, 2.05) is 11.8 Å². The van der Waals surface area contributed by atoms with Crippen molar-refractivity contribution >= 4 is 17.6 Å². The summed E-state index contributed by atoms with van der Waals surface area (Å²) in [4.78, 5) is 4.04. The standard InChI is InChI=1S/C12H17FN2S/c1-2-16-11-5-3-4-10(11)15-12-7-6-9(13)8-14-12/h6-8,10-11H,2-5H2,1H3,(H,14,15). The molecule has 1 saturated carbocycles. The van der Waals surface area contributed by atoms with E-state index in [0.717, 1.165) is 11.6 Å². The van der Waals surface area contributed by atoms with E-state index < -0.39 is 0 Å². The molecule has 88 valence electrons. The monoisotopic (exact) mass is 240 g/mol. The van der Waals surface area contributed by atoms with Crippen molar-refractivity contribution in [3.63, 3.8) is 0 Å². The summed E-state index contributed by atoms with van der Waals surface area (Å²) in [5.41, 5.74) is 0. The van der Waals surface area contributed by atoms with Crippen molar-refractivity contribution in [2.45, 2.75) is 37.5 Å².